The number of aryl methyl sites for hydroxylation is 1. The Hall–Kier alpha value is -4.05. The summed E-state index contributed by atoms with van der Waals surface area (Å²) in [5.41, 5.74) is 1.95. The van der Waals surface area contributed by atoms with Crippen LogP contribution in [0.5, 0.6) is 0 Å². The molecule has 2 aromatic rings. The molecule has 10 nitrogen and oxygen atoms in total. The fourth-order valence-electron chi connectivity index (χ4n) is 3.24. The van der Waals surface area contributed by atoms with Crippen LogP contribution in [0.15, 0.2) is 70.7 Å². The summed E-state index contributed by atoms with van der Waals surface area (Å²) in [5, 5.41) is 12.3. The number of aromatic nitrogens is 2. The van der Waals surface area contributed by atoms with Gasteiger partial charge in [0, 0.05) is 52.0 Å². The van der Waals surface area contributed by atoms with E-state index in [1.54, 1.807) is 43.6 Å². The topological polar surface area (TPSA) is 104 Å². The molecule has 0 radical (unpaired) electrons. The van der Waals surface area contributed by atoms with Crippen molar-refractivity contribution < 1.29 is 14.3 Å². The number of amides is 2. The number of rotatable bonds is 9. The Balaban J connectivity index is 1.78. The molecule has 2 heterocycles. The smallest absolute Gasteiger partial charge is 0.274 e. The van der Waals surface area contributed by atoms with E-state index in [0.717, 1.165) is 5.56 Å². The molecule has 1 aromatic heterocycles. The average molecular weight is 464 g/mol. The number of hydrogen-bond donors (Lipinski definition) is 1. The van der Waals surface area contributed by atoms with Crippen LogP contribution in [0.4, 0.5) is 0 Å². The molecule has 3 rings (SSSR count). The second-order valence-electron chi connectivity index (χ2n) is 7.52. The second-order valence-corrected chi connectivity index (χ2v) is 7.52. The summed E-state index contributed by atoms with van der Waals surface area (Å²) < 4.78 is 6.71. The van der Waals surface area contributed by atoms with Gasteiger partial charge in [0.25, 0.3) is 11.8 Å². The molecule has 0 atom stereocenters. The van der Waals surface area contributed by atoms with Gasteiger partial charge in [-0.2, -0.15) is 10.2 Å². The molecular formula is C24H29N7O3. The maximum Gasteiger partial charge on any atom is 0.274 e. The number of morpholine rings is 1. The predicted octanol–water partition coefficient (Wildman–Crippen LogP) is 1.84. The first kappa shape index (κ1) is 24.6. The summed E-state index contributed by atoms with van der Waals surface area (Å²) in [5.74, 6) is -0.708. The van der Waals surface area contributed by atoms with Gasteiger partial charge in [0.05, 0.1) is 31.5 Å². The van der Waals surface area contributed by atoms with E-state index >= 15 is 0 Å². The van der Waals surface area contributed by atoms with Crippen LogP contribution in [-0.2, 0) is 18.3 Å². The van der Waals surface area contributed by atoms with Gasteiger partial charge in [0.1, 0.15) is 5.69 Å². The van der Waals surface area contributed by atoms with Crippen molar-refractivity contribution >= 4 is 24.7 Å². The van der Waals surface area contributed by atoms with Crippen LogP contribution in [0.3, 0.4) is 0 Å². The molecule has 178 valence electrons. The van der Waals surface area contributed by atoms with E-state index in [2.05, 4.69) is 27.2 Å². The minimum atomic E-state index is -0.460. The molecule has 0 unspecified atom stereocenters. The Kier molecular flexibility index (Phi) is 8.87. The number of hydrazone groups is 1. The standard InChI is InChI=1S/C24H29N7O3/c1-25-29(2)12-10-20(9-11-26-17-19-7-5-4-6-8-19)28-23(32)22-21(18-27-30(22)3)24(33)31-13-15-34-16-14-31/h4-12,18H,1,13-17H2,2-3H3,(H,28,32)/b12-10-,20-9+,26-11+. The maximum absolute atomic E-state index is 13.2. The Labute approximate surface area is 198 Å². The summed E-state index contributed by atoms with van der Waals surface area (Å²) in [6.45, 7) is 5.86. The number of aliphatic imine (C=N–C) groups is 1. The lowest BCUT2D eigenvalue weighted by molar-refractivity contribution is 0.0301. The van der Waals surface area contributed by atoms with Crippen molar-refractivity contribution in [3.63, 3.8) is 0 Å². The Morgan fingerprint density at radius 2 is 2.00 bits per heavy atom. The number of nitrogens with zero attached hydrogens (tertiary/aromatic N) is 6. The van der Waals surface area contributed by atoms with Gasteiger partial charge in [0.2, 0.25) is 0 Å². The van der Waals surface area contributed by atoms with Gasteiger partial charge in [-0.1, -0.05) is 30.3 Å². The summed E-state index contributed by atoms with van der Waals surface area (Å²) in [4.78, 5) is 32.2. The summed E-state index contributed by atoms with van der Waals surface area (Å²) in [6, 6.07) is 9.84. The van der Waals surface area contributed by atoms with E-state index in [4.69, 9.17) is 4.74 Å². The molecule has 1 aliphatic rings. The van der Waals surface area contributed by atoms with E-state index in [-0.39, 0.29) is 17.2 Å². The lowest BCUT2D eigenvalue weighted by atomic mass is 10.2. The zero-order chi connectivity index (χ0) is 24.3. The zero-order valence-electron chi connectivity index (χ0n) is 19.4. The first-order valence-electron chi connectivity index (χ1n) is 10.8. The van der Waals surface area contributed by atoms with Gasteiger partial charge in [0.15, 0.2) is 0 Å². The third-order valence-corrected chi connectivity index (χ3v) is 5.11. The predicted molar refractivity (Wildman–Crippen MR) is 131 cm³/mol. The Morgan fingerprint density at radius 3 is 2.71 bits per heavy atom. The summed E-state index contributed by atoms with van der Waals surface area (Å²) in [6.07, 6.45) is 8.03. The lowest BCUT2D eigenvalue weighted by Crippen LogP contribution is -2.41. The lowest BCUT2D eigenvalue weighted by Gasteiger charge is -2.26. The number of ether oxygens (including phenoxy) is 1. The van der Waals surface area contributed by atoms with Crippen LogP contribution in [0, 0.1) is 0 Å². The highest BCUT2D eigenvalue weighted by atomic mass is 16.5. The van der Waals surface area contributed by atoms with Crippen molar-refractivity contribution in [3.05, 3.63) is 77.4 Å². The maximum atomic E-state index is 13.2. The number of carbonyl (C=O) groups excluding carboxylic acids is 2. The number of hydrogen-bond acceptors (Lipinski definition) is 7. The van der Waals surface area contributed by atoms with Crippen molar-refractivity contribution in [2.24, 2.45) is 17.1 Å². The Morgan fingerprint density at radius 1 is 1.26 bits per heavy atom. The number of allylic oxidation sites excluding steroid dienone is 2. The monoisotopic (exact) mass is 463 g/mol. The minimum absolute atomic E-state index is 0.173. The number of benzene rings is 1. The fourth-order valence-corrected chi connectivity index (χ4v) is 3.24. The highest BCUT2D eigenvalue weighted by Crippen LogP contribution is 2.13. The van der Waals surface area contributed by atoms with Crippen LogP contribution in [0.1, 0.15) is 26.4 Å². The van der Waals surface area contributed by atoms with E-state index < -0.39 is 5.91 Å². The van der Waals surface area contributed by atoms with Gasteiger partial charge < -0.3 is 15.0 Å². The highest BCUT2D eigenvalue weighted by molar-refractivity contribution is 6.06. The quantitative estimate of drug-likeness (QED) is 0.347. The number of carbonyl (C=O) groups is 2. The van der Waals surface area contributed by atoms with Crippen molar-refractivity contribution in [3.8, 4) is 0 Å². The normalized spacial score (nSPS) is 14.5. The largest absolute Gasteiger partial charge is 0.378 e. The average Bonchev–Trinajstić information content (AvgIpc) is 3.26. The molecule has 0 spiro atoms. The van der Waals surface area contributed by atoms with Gasteiger partial charge in [-0.05, 0) is 17.7 Å². The van der Waals surface area contributed by atoms with Crippen LogP contribution >= 0.6 is 0 Å². The molecule has 0 bridgehead atoms. The zero-order valence-corrected chi connectivity index (χ0v) is 19.4. The van der Waals surface area contributed by atoms with E-state index in [1.165, 1.54) is 15.9 Å². The molecule has 10 heteroatoms. The molecule has 1 fully saturated rings. The molecule has 0 aliphatic carbocycles. The molecular weight excluding hydrogens is 434 g/mol. The molecule has 2 amide bonds. The van der Waals surface area contributed by atoms with Gasteiger partial charge in [-0.15, -0.1) is 0 Å². The van der Waals surface area contributed by atoms with Crippen LogP contribution in [0.2, 0.25) is 0 Å². The molecule has 0 saturated carbocycles. The SMILES string of the molecule is C=NN(C)\C=C/C(=C\C=N\Cc1ccccc1)NC(=O)c1c(C(=O)N2CCOCC2)cnn1C. The summed E-state index contributed by atoms with van der Waals surface area (Å²) >= 11 is 0. The number of nitrogens with one attached hydrogen (secondary N) is 1. The van der Waals surface area contributed by atoms with E-state index in [0.29, 0.717) is 38.5 Å². The van der Waals surface area contributed by atoms with Gasteiger partial charge in [-0.25, -0.2) is 0 Å². The van der Waals surface area contributed by atoms with Crippen molar-refractivity contribution in [2.45, 2.75) is 6.54 Å². The second kappa shape index (κ2) is 12.3. The van der Waals surface area contributed by atoms with Crippen LogP contribution in [0.25, 0.3) is 0 Å². The van der Waals surface area contributed by atoms with E-state index in [1.807, 2.05) is 30.3 Å². The van der Waals surface area contributed by atoms with Crippen LogP contribution in [-0.4, -0.2) is 77.8 Å². The van der Waals surface area contributed by atoms with Crippen molar-refractivity contribution in [1.29, 1.82) is 0 Å². The van der Waals surface area contributed by atoms with Gasteiger partial charge in [-0.3, -0.25) is 24.3 Å². The van der Waals surface area contributed by atoms with Crippen molar-refractivity contribution in [1.82, 2.24) is 25.0 Å². The van der Waals surface area contributed by atoms with Gasteiger partial charge >= 0.3 is 0 Å². The molecule has 1 aromatic carbocycles. The minimum Gasteiger partial charge on any atom is -0.378 e. The third-order valence-electron chi connectivity index (χ3n) is 5.11. The van der Waals surface area contributed by atoms with Crippen LogP contribution < -0.4 is 5.32 Å². The fraction of sp³-hybridized carbons (Fsp3) is 0.292. The Bertz CT molecular complexity index is 1080. The summed E-state index contributed by atoms with van der Waals surface area (Å²) in [7, 11) is 3.34. The molecule has 1 N–H and O–H groups in total. The van der Waals surface area contributed by atoms with E-state index in [9.17, 15) is 9.59 Å². The highest BCUT2D eigenvalue weighted by Gasteiger charge is 2.27. The van der Waals surface area contributed by atoms with Crippen molar-refractivity contribution in [2.75, 3.05) is 33.4 Å². The molecule has 1 aliphatic heterocycles. The third kappa shape index (κ3) is 6.72. The molecule has 34 heavy (non-hydrogen) atoms. The molecule has 1 saturated heterocycles. The first-order chi connectivity index (χ1) is 16.5. The first-order valence-corrected chi connectivity index (χ1v) is 10.8.